The van der Waals surface area contributed by atoms with Crippen LogP contribution in [0.2, 0.25) is 0 Å². The molecule has 5 heteroatoms. The monoisotopic (exact) mass is 233 g/mol. The summed E-state index contributed by atoms with van der Waals surface area (Å²) in [5, 5.41) is 0. The molecule has 0 aliphatic carbocycles. The minimum Gasteiger partial charge on any atom is -0.370 e. The molecule has 2 N–H and O–H groups in total. The Morgan fingerprint density at radius 3 is 2.82 bits per heavy atom. The number of aromatic nitrogens is 2. The fourth-order valence-corrected chi connectivity index (χ4v) is 2.12. The summed E-state index contributed by atoms with van der Waals surface area (Å²) >= 11 is 0. The molecule has 1 aromatic heterocycles. The Balaban J connectivity index is 2.31. The van der Waals surface area contributed by atoms with E-state index in [-0.39, 0.29) is 5.54 Å². The van der Waals surface area contributed by atoms with Crippen molar-refractivity contribution in [2.75, 3.05) is 13.1 Å². The topological polar surface area (TPSA) is 67.4 Å². The molecule has 0 fully saturated rings. The van der Waals surface area contributed by atoms with Gasteiger partial charge in [-0.3, -0.25) is 15.0 Å². The van der Waals surface area contributed by atoms with Gasteiger partial charge in [0.05, 0.1) is 18.4 Å². The molecule has 0 radical (unpaired) electrons. The van der Waals surface area contributed by atoms with Crippen LogP contribution in [0.1, 0.15) is 26.5 Å². The molecule has 5 nitrogen and oxygen atoms in total. The average Bonchev–Trinajstić information content (AvgIpc) is 2.59. The summed E-state index contributed by atoms with van der Waals surface area (Å²) in [5.41, 5.74) is 6.63. The molecule has 0 aromatic carbocycles. The fourth-order valence-electron chi connectivity index (χ4n) is 2.12. The highest BCUT2D eigenvalue weighted by atomic mass is 15.4. The molecule has 2 rings (SSSR count). The normalized spacial score (nSPS) is 24.2. The Labute approximate surface area is 102 Å². The molecule has 1 unspecified atom stereocenters. The Morgan fingerprint density at radius 2 is 2.24 bits per heavy atom. The molecular formula is C12H19N5. The van der Waals surface area contributed by atoms with Crippen molar-refractivity contribution in [2.45, 2.75) is 26.3 Å². The third-order valence-corrected chi connectivity index (χ3v) is 3.08. The Bertz CT molecular complexity index is 414. The predicted molar refractivity (Wildman–Crippen MR) is 67.4 cm³/mol. The lowest BCUT2D eigenvalue weighted by molar-refractivity contribution is 0.198. The third-order valence-electron chi connectivity index (χ3n) is 3.08. The number of nitrogens with zero attached hydrogens (tertiary/aromatic N) is 4. The van der Waals surface area contributed by atoms with Gasteiger partial charge in [0.1, 0.15) is 5.54 Å². The second-order valence-corrected chi connectivity index (χ2v) is 5.04. The number of guanidine groups is 1. The molecule has 92 valence electrons. The molecule has 0 saturated carbocycles. The number of hydrogen-bond donors (Lipinski definition) is 1. The quantitative estimate of drug-likeness (QED) is 0.845. The van der Waals surface area contributed by atoms with Crippen LogP contribution in [0.15, 0.2) is 23.6 Å². The molecule has 1 atom stereocenters. The first-order valence-electron chi connectivity index (χ1n) is 5.88. The summed E-state index contributed by atoms with van der Waals surface area (Å²) in [4.78, 5) is 15.0. The van der Waals surface area contributed by atoms with E-state index in [2.05, 4.69) is 40.6 Å². The summed E-state index contributed by atoms with van der Waals surface area (Å²) in [6, 6.07) is 0. The van der Waals surface area contributed by atoms with Gasteiger partial charge in [-0.1, -0.05) is 13.8 Å². The van der Waals surface area contributed by atoms with Gasteiger partial charge in [-0.05, 0) is 12.8 Å². The number of hydrogen-bond acceptors (Lipinski definition) is 5. The van der Waals surface area contributed by atoms with E-state index >= 15 is 0 Å². The van der Waals surface area contributed by atoms with Crippen LogP contribution < -0.4 is 5.73 Å². The first kappa shape index (κ1) is 11.8. The summed E-state index contributed by atoms with van der Waals surface area (Å²) in [5.74, 6) is 1.13. The van der Waals surface area contributed by atoms with Gasteiger partial charge in [0.15, 0.2) is 5.96 Å². The highest BCUT2D eigenvalue weighted by molar-refractivity contribution is 5.81. The van der Waals surface area contributed by atoms with E-state index in [0.717, 1.165) is 12.2 Å². The third kappa shape index (κ3) is 2.09. The number of nitrogens with two attached hydrogens (primary N) is 1. The predicted octanol–water partition coefficient (Wildman–Crippen LogP) is 0.978. The summed E-state index contributed by atoms with van der Waals surface area (Å²) < 4.78 is 0. The van der Waals surface area contributed by atoms with Crippen LogP contribution in [0, 0.1) is 5.92 Å². The van der Waals surface area contributed by atoms with E-state index in [1.165, 1.54) is 0 Å². The van der Waals surface area contributed by atoms with E-state index in [0.29, 0.717) is 18.4 Å². The van der Waals surface area contributed by atoms with Crippen LogP contribution in [-0.2, 0) is 5.54 Å². The Kier molecular flexibility index (Phi) is 3.00. The van der Waals surface area contributed by atoms with Crippen LogP contribution in [-0.4, -0.2) is 33.9 Å². The van der Waals surface area contributed by atoms with Crippen molar-refractivity contribution in [3.63, 3.8) is 0 Å². The smallest absolute Gasteiger partial charge is 0.192 e. The lowest BCUT2D eigenvalue weighted by Crippen LogP contribution is -2.49. The zero-order valence-electron chi connectivity index (χ0n) is 10.6. The molecule has 0 spiro atoms. The van der Waals surface area contributed by atoms with E-state index in [9.17, 15) is 0 Å². The average molecular weight is 233 g/mol. The first-order chi connectivity index (χ1) is 8.04. The van der Waals surface area contributed by atoms with E-state index in [1.54, 1.807) is 18.6 Å². The van der Waals surface area contributed by atoms with Gasteiger partial charge in [0, 0.05) is 18.9 Å². The van der Waals surface area contributed by atoms with Gasteiger partial charge in [0.25, 0.3) is 0 Å². The highest BCUT2D eigenvalue weighted by Gasteiger charge is 2.40. The standard InChI is InChI=1S/C12H19N5/c1-9(2)7-17-11(13)16-8-12(17,3)10-6-14-4-5-15-10/h4-6,9H,7-8H2,1-3H3,(H2,13,16). The van der Waals surface area contributed by atoms with Crippen molar-refractivity contribution >= 4 is 5.96 Å². The molecule has 1 aliphatic heterocycles. The van der Waals surface area contributed by atoms with Crippen molar-refractivity contribution in [1.82, 2.24) is 14.9 Å². The minimum atomic E-state index is -0.261. The largest absolute Gasteiger partial charge is 0.370 e. The van der Waals surface area contributed by atoms with Gasteiger partial charge in [0.2, 0.25) is 0 Å². The zero-order valence-corrected chi connectivity index (χ0v) is 10.6. The van der Waals surface area contributed by atoms with Crippen LogP contribution in [0.25, 0.3) is 0 Å². The van der Waals surface area contributed by atoms with Gasteiger partial charge < -0.3 is 10.6 Å². The summed E-state index contributed by atoms with van der Waals surface area (Å²) in [6.07, 6.45) is 5.18. The van der Waals surface area contributed by atoms with E-state index < -0.39 is 0 Å². The van der Waals surface area contributed by atoms with Crippen LogP contribution in [0.3, 0.4) is 0 Å². The minimum absolute atomic E-state index is 0.261. The molecular weight excluding hydrogens is 214 g/mol. The maximum absolute atomic E-state index is 5.97. The molecule has 1 aliphatic rings. The van der Waals surface area contributed by atoms with Crippen molar-refractivity contribution in [2.24, 2.45) is 16.6 Å². The van der Waals surface area contributed by atoms with Crippen molar-refractivity contribution < 1.29 is 0 Å². The van der Waals surface area contributed by atoms with E-state index in [4.69, 9.17) is 5.73 Å². The zero-order chi connectivity index (χ0) is 12.5. The van der Waals surface area contributed by atoms with Crippen LogP contribution in [0.5, 0.6) is 0 Å². The maximum atomic E-state index is 5.97. The summed E-state index contributed by atoms with van der Waals surface area (Å²) in [6.45, 7) is 7.97. The molecule has 1 aromatic rings. The van der Waals surface area contributed by atoms with Gasteiger partial charge >= 0.3 is 0 Å². The van der Waals surface area contributed by atoms with Crippen LogP contribution in [0.4, 0.5) is 0 Å². The lowest BCUT2D eigenvalue weighted by atomic mass is 9.96. The second-order valence-electron chi connectivity index (χ2n) is 5.04. The van der Waals surface area contributed by atoms with Crippen molar-refractivity contribution in [3.05, 3.63) is 24.3 Å². The number of rotatable bonds is 3. The molecule has 0 bridgehead atoms. The fraction of sp³-hybridized carbons (Fsp3) is 0.583. The van der Waals surface area contributed by atoms with E-state index in [1.807, 2.05) is 0 Å². The lowest BCUT2D eigenvalue weighted by Gasteiger charge is -2.36. The molecule has 17 heavy (non-hydrogen) atoms. The SMILES string of the molecule is CC(C)CN1C(N)=NCC1(C)c1cnccn1. The van der Waals surface area contributed by atoms with Crippen molar-refractivity contribution in [3.8, 4) is 0 Å². The Hall–Kier alpha value is -1.65. The van der Waals surface area contributed by atoms with Crippen LogP contribution >= 0.6 is 0 Å². The molecule has 0 amide bonds. The highest BCUT2D eigenvalue weighted by Crippen LogP contribution is 2.31. The summed E-state index contributed by atoms with van der Waals surface area (Å²) in [7, 11) is 0. The van der Waals surface area contributed by atoms with Gasteiger partial charge in [-0.15, -0.1) is 0 Å². The van der Waals surface area contributed by atoms with Gasteiger partial charge in [-0.2, -0.15) is 0 Å². The molecule has 0 saturated heterocycles. The maximum Gasteiger partial charge on any atom is 0.192 e. The first-order valence-corrected chi connectivity index (χ1v) is 5.88. The number of aliphatic imine (C=N–C) groups is 1. The molecule has 2 heterocycles. The second kappa shape index (κ2) is 4.31. The Morgan fingerprint density at radius 1 is 1.47 bits per heavy atom. The van der Waals surface area contributed by atoms with Gasteiger partial charge in [-0.25, -0.2) is 0 Å². The van der Waals surface area contributed by atoms with Crippen molar-refractivity contribution in [1.29, 1.82) is 0 Å².